The third-order valence-corrected chi connectivity index (χ3v) is 17.0. The fraction of sp³-hybridized carbons (Fsp3) is 0.500. The van der Waals surface area contributed by atoms with E-state index in [0.717, 1.165) is 63.3 Å². The zero-order valence-electron chi connectivity index (χ0n) is 36.5. The average Bonchev–Trinajstić information content (AvgIpc) is 3.65. The highest BCUT2D eigenvalue weighted by Crippen LogP contribution is 2.66. The minimum atomic E-state index is -0.178. The van der Waals surface area contributed by atoms with Gasteiger partial charge in [0.05, 0.1) is 22.1 Å². The standard InChI is InChI=1S/C50H58N4O7S2/c1-4-53-41-15-10-31(62-60)25-34(41)46(57)36-28-44-37(27-43(36)53)47(58)35-26-32(63-61)11-16-42(35)54(44)23-7-5-6-8-45(56)51-21-22-52-48(59)40-14-13-38-33-12-9-29-24-30(55)17-19-49(29,2)39(33)18-20-50(38,40)3/h10-11,15-16,24-28,33,38-40,60-61H,4-9,12-14,17-23H2,1-3H3,(H,51,56)(H,52,59). The van der Waals surface area contributed by atoms with Crippen LogP contribution in [0.5, 0.6) is 0 Å². The number of allylic oxidation sites excluding steroid dienone is 1. The van der Waals surface area contributed by atoms with Gasteiger partial charge in [0.2, 0.25) is 11.8 Å². The average molecular weight is 891 g/mol. The maximum Gasteiger partial charge on any atom is 0.223 e. The second-order valence-electron chi connectivity index (χ2n) is 19.1. The Labute approximate surface area is 375 Å². The topological polar surface area (TPSA) is 160 Å². The molecule has 3 aromatic carbocycles. The lowest BCUT2D eigenvalue weighted by molar-refractivity contribution is -0.132. The first-order valence-electron chi connectivity index (χ1n) is 22.9. The van der Waals surface area contributed by atoms with Crippen molar-refractivity contribution in [1.29, 1.82) is 0 Å². The molecule has 0 spiro atoms. The van der Waals surface area contributed by atoms with Crippen molar-refractivity contribution in [1.82, 2.24) is 19.8 Å². The molecule has 13 heteroatoms. The van der Waals surface area contributed by atoms with Gasteiger partial charge in [-0.2, -0.15) is 0 Å². The number of hydrogen-bond acceptors (Lipinski definition) is 9. The number of pyridine rings is 2. The highest BCUT2D eigenvalue weighted by Gasteiger charge is 2.60. The summed E-state index contributed by atoms with van der Waals surface area (Å²) in [4.78, 5) is 68.1. The van der Waals surface area contributed by atoms with E-state index in [2.05, 4.69) is 29.0 Å². The van der Waals surface area contributed by atoms with E-state index in [-0.39, 0.29) is 45.2 Å². The molecule has 11 nitrogen and oxygen atoms in total. The number of nitrogens with zero attached hydrogens (tertiary/aromatic N) is 2. The summed E-state index contributed by atoms with van der Waals surface area (Å²) in [5.74, 6) is 2.05. The summed E-state index contributed by atoms with van der Waals surface area (Å²) in [7, 11) is 0. The van der Waals surface area contributed by atoms with E-state index >= 15 is 0 Å². The van der Waals surface area contributed by atoms with Gasteiger partial charge in [0, 0.05) is 100 Å². The lowest BCUT2D eigenvalue weighted by Crippen LogP contribution is -2.52. The van der Waals surface area contributed by atoms with Gasteiger partial charge in [0.1, 0.15) is 0 Å². The lowest BCUT2D eigenvalue weighted by atomic mass is 9.47. The molecule has 4 aliphatic carbocycles. The molecule has 0 saturated heterocycles. The maximum absolute atomic E-state index is 14.1. The molecule has 5 aromatic rings. The van der Waals surface area contributed by atoms with Crippen LogP contribution in [0.25, 0.3) is 43.6 Å². The number of ketones is 1. The van der Waals surface area contributed by atoms with Crippen LogP contribution in [-0.4, -0.2) is 48.9 Å². The third-order valence-electron chi connectivity index (χ3n) is 16.0. The number of aryl methyl sites for hydroxylation is 2. The summed E-state index contributed by atoms with van der Waals surface area (Å²) in [5.41, 5.74) is 3.85. The molecule has 2 amide bonds. The van der Waals surface area contributed by atoms with Crippen molar-refractivity contribution in [2.45, 2.75) is 121 Å². The first-order chi connectivity index (χ1) is 30.4. The molecule has 332 valence electrons. The van der Waals surface area contributed by atoms with E-state index in [0.29, 0.717) is 135 Å². The van der Waals surface area contributed by atoms with Gasteiger partial charge in [-0.3, -0.25) is 24.0 Å². The number of aromatic nitrogens is 2. The van der Waals surface area contributed by atoms with Crippen molar-refractivity contribution in [3.05, 3.63) is 80.6 Å². The first-order valence-corrected chi connectivity index (χ1v) is 24.5. The minimum Gasteiger partial charge on any atom is -0.354 e. The normalized spacial score (nSPS) is 25.5. The van der Waals surface area contributed by atoms with Crippen molar-refractivity contribution in [3.8, 4) is 0 Å². The van der Waals surface area contributed by atoms with Crippen LogP contribution in [0.15, 0.2) is 79.6 Å². The van der Waals surface area contributed by atoms with Gasteiger partial charge in [-0.1, -0.05) is 25.8 Å². The monoisotopic (exact) mass is 890 g/mol. The van der Waals surface area contributed by atoms with Crippen molar-refractivity contribution in [2.24, 2.45) is 34.5 Å². The Kier molecular flexibility index (Phi) is 12.2. The van der Waals surface area contributed by atoms with Crippen LogP contribution in [0, 0.1) is 34.5 Å². The Morgan fingerprint density at radius 1 is 0.714 bits per heavy atom. The zero-order valence-corrected chi connectivity index (χ0v) is 38.1. The number of carbonyl (C=O) groups excluding carboxylic acids is 3. The van der Waals surface area contributed by atoms with E-state index in [1.807, 2.05) is 41.8 Å². The maximum atomic E-state index is 14.1. The van der Waals surface area contributed by atoms with Crippen molar-refractivity contribution >= 4 is 85.3 Å². The Morgan fingerprint density at radius 2 is 1.35 bits per heavy atom. The van der Waals surface area contributed by atoms with Gasteiger partial charge >= 0.3 is 0 Å². The van der Waals surface area contributed by atoms with Gasteiger partial charge in [-0.05, 0) is 148 Å². The third kappa shape index (κ3) is 7.64. The Balaban J connectivity index is 0.817. The summed E-state index contributed by atoms with van der Waals surface area (Å²) in [6.07, 6.45) is 12.4. The molecule has 0 radical (unpaired) electrons. The fourth-order valence-corrected chi connectivity index (χ4v) is 13.4. The predicted octanol–water partition coefficient (Wildman–Crippen LogP) is 9.71. The highest BCUT2D eigenvalue weighted by atomic mass is 32.2. The lowest BCUT2D eigenvalue weighted by Gasteiger charge is -2.58. The molecule has 0 aliphatic heterocycles. The molecule has 4 aliphatic rings. The molecule has 2 heterocycles. The van der Waals surface area contributed by atoms with Crippen molar-refractivity contribution < 1.29 is 23.5 Å². The first kappa shape index (κ1) is 43.8. The van der Waals surface area contributed by atoms with Crippen LogP contribution in [0.2, 0.25) is 0 Å². The predicted molar refractivity (Wildman–Crippen MR) is 252 cm³/mol. The molecule has 3 saturated carbocycles. The van der Waals surface area contributed by atoms with Gasteiger partial charge in [-0.15, -0.1) is 0 Å². The van der Waals surface area contributed by atoms with Crippen LogP contribution in [0.1, 0.15) is 97.8 Å². The quantitative estimate of drug-likeness (QED) is 0.0513. The highest BCUT2D eigenvalue weighted by molar-refractivity contribution is 7.94. The molecular weight excluding hydrogens is 833 g/mol. The van der Waals surface area contributed by atoms with E-state index in [1.54, 1.807) is 24.3 Å². The Hall–Kier alpha value is -4.43. The number of amides is 2. The van der Waals surface area contributed by atoms with E-state index in [4.69, 9.17) is 0 Å². The number of rotatable bonds is 13. The van der Waals surface area contributed by atoms with Gasteiger partial charge in [0.15, 0.2) is 16.6 Å². The smallest absolute Gasteiger partial charge is 0.223 e. The van der Waals surface area contributed by atoms with Crippen LogP contribution in [0.4, 0.5) is 0 Å². The number of nitrogens with one attached hydrogen (secondary N) is 2. The molecule has 63 heavy (non-hydrogen) atoms. The Morgan fingerprint density at radius 3 is 2.02 bits per heavy atom. The number of carbonyl (C=O) groups is 3. The van der Waals surface area contributed by atoms with Gasteiger partial charge in [0.25, 0.3) is 0 Å². The summed E-state index contributed by atoms with van der Waals surface area (Å²) in [6, 6.07) is 14.2. The summed E-state index contributed by atoms with van der Waals surface area (Å²) in [6.45, 7) is 8.61. The molecule has 3 fully saturated rings. The number of fused-ring (bicyclic) bond motifs is 9. The summed E-state index contributed by atoms with van der Waals surface area (Å²) in [5, 5.41) is 8.10. The van der Waals surface area contributed by atoms with Crippen LogP contribution >= 0.6 is 24.1 Å². The zero-order chi connectivity index (χ0) is 44.2. The van der Waals surface area contributed by atoms with Crippen LogP contribution in [0.3, 0.4) is 0 Å². The molecule has 6 unspecified atom stereocenters. The van der Waals surface area contributed by atoms with E-state index in [1.165, 1.54) is 5.57 Å². The summed E-state index contributed by atoms with van der Waals surface area (Å²) < 4.78 is 23.7. The van der Waals surface area contributed by atoms with Crippen molar-refractivity contribution in [2.75, 3.05) is 13.1 Å². The second kappa shape index (κ2) is 17.5. The second-order valence-corrected chi connectivity index (χ2v) is 20.4. The minimum absolute atomic E-state index is 0.0164. The van der Waals surface area contributed by atoms with Crippen molar-refractivity contribution in [3.63, 3.8) is 0 Å². The van der Waals surface area contributed by atoms with Gasteiger partial charge in [-0.25, -0.2) is 0 Å². The molecule has 6 atom stereocenters. The number of unbranched alkanes of at least 4 members (excludes halogenated alkanes) is 2. The van der Waals surface area contributed by atoms with Gasteiger partial charge < -0.3 is 28.9 Å². The summed E-state index contributed by atoms with van der Waals surface area (Å²) >= 11 is 1.18. The molecule has 0 bridgehead atoms. The Bertz CT molecular complexity index is 2830. The molecule has 2 aromatic heterocycles. The van der Waals surface area contributed by atoms with E-state index in [9.17, 15) is 33.1 Å². The molecular formula is C50H58N4O7S2. The van der Waals surface area contributed by atoms with E-state index < -0.39 is 0 Å². The van der Waals surface area contributed by atoms with Crippen LogP contribution in [-0.2, 0) is 27.5 Å². The largest absolute Gasteiger partial charge is 0.354 e. The SMILES string of the molecule is CCn1c2ccc(SO)cc2c(=O)c2cc3c(cc21)c(=O)c1cc(SO)ccc1n3CCCCCC(=O)NCCNC(=O)C1CCC2C3CCC4=CC(=O)CCC4(C)C3CCC12C. The number of hydrogen-bond donors (Lipinski definition) is 4. The molecule has 4 N–H and O–H groups in total. The number of benzene rings is 3. The fourth-order valence-electron chi connectivity index (χ4n) is 12.8. The molecule has 9 rings (SSSR count). The van der Waals surface area contributed by atoms with Crippen LogP contribution < -0.4 is 21.5 Å².